The summed E-state index contributed by atoms with van der Waals surface area (Å²) in [6, 6.07) is 14.1. The maximum absolute atomic E-state index is 13.5. The minimum absolute atomic E-state index is 0.0387. The van der Waals surface area contributed by atoms with Crippen molar-refractivity contribution in [3.05, 3.63) is 70.9 Å². The second kappa shape index (κ2) is 7.48. The highest BCUT2D eigenvalue weighted by atomic mass is 32.2. The maximum atomic E-state index is 13.5. The molecule has 0 saturated carbocycles. The Kier molecular flexibility index (Phi) is 4.85. The highest BCUT2D eigenvalue weighted by molar-refractivity contribution is 7.91. The van der Waals surface area contributed by atoms with Crippen LogP contribution in [0.4, 0.5) is 0 Å². The van der Waals surface area contributed by atoms with Crippen LogP contribution in [0.25, 0.3) is 11.3 Å². The van der Waals surface area contributed by atoms with Crippen LogP contribution in [-0.4, -0.2) is 52.1 Å². The molecule has 1 saturated heterocycles. The molecule has 2 unspecified atom stereocenters. The Labute approximate surface area is 187 Å². The number of aromatic amines is 1. The molecular formula is C24H25N3O4S. The average molecular weight is 452 g/mol. The lowest BCUT2D eigenvalue weighted by Crippen LogP contribution is -2.40. The van der Waals surface area contributed by atoms with Gasteiger partial charge in [-0.3, -0.25) is 9.89 Å². The van der Waals surface area contributed by atoms with E-state index >= 15 is 0 Å². The Bertz CT molecular complexity index is 1300. The van der Waals surface area contributed by atoms with Crippen molar-refractivity contribution in [1.82, 2.24) is 15.1 Å². The van der Waals surface area contributed by atoms with Crippen molar-refractivity contribution in [2.24, 2.45) is 0 Å². The predicted octanol–water partition coefficient (Wildman–Crippen LogP) is 3.64. The smallest absolute Gasteiger partial charge is 0.273 e. The molecule has 1 aromatic heterocycles. The van der Waals surface area contributed by atoms with Crippen molar-refractivity contribution in [3.63, 3.8) is 0 Å². The number of carbonyl (C=O) groups excluding carboxylic acids is 1. The number of H-pyrrole nitrogens is 1. The summed E-state index contributed by atoms with van der Waals surface area (Å²) in [5.74, 6) is 0.230. The Hall–Kier alpha value is -3.13. The summed E-state index contributed by atoms with van der Waals surface area (Å²) in [6.45, 7) is 4.24. The molecule has 8 heteroatoms. The molecule has 2 aromatic carbocycles. The predicted molar refractivity (Wildman–Crippen MR) is 121 cm³/mol. The number of hydrogen-bond donors (Lipinski definition) is 2. The van der Waals surface area contributed by atoms with E-state index in [1.807, 2.05) is 24.3 Å². The molecule has 0 spiro atoms. The monoisotopic (exact) mass is 451 g/mol. The summed E-state index contributed by atoms with van der Waals surface area (Å²) in [6.07, 6.45) is 0.415. The van der Waals surface area contributed by atoms with Gasteiger partial charge in [0.2, 0.25) is 0 Å². The van der Waals surface area contributed by atoms with Crippen LogP contribution in [0.1, 0.15) is 59.4 Å². The second-order valence-electron chi connectivity index (χ2n) is 8.87. The Balaban J connectivity index is 1.67. The van der Waals surface area contributed by atoms with Gasteiger partial charge in [-0.1, -0.05) is 50.2 Å². The van der Waals surface area contributed by atoms with Crippen molar-refractivity contribution in [3.8, 4) is 17.0 Å². The van der Waals surface area contributed by atoms with Crippen LogP contribution in [0, 0.1) is 0 Å². The molecule has 166 valence electrons. The van der Waals surface area contributed by atoms with Crippen molar-refractivity contribution in [2.75, 3.05) is 11.5 Å². The van der Waals surface area contributed by atoms with E-state index < -0.39 is 21.9 Å². The molecule has 1 amide bonds. The van der Waals surface area contributed by atoms with E-state index in [4.69, 9.17) is 0 Å². The number of nitrogens with zero attached hydrogens (tertiary/aromatic N) is 2. The Morgan fingerprint density at radius 3 is 2.47 bits per heavy atom. The molecule has 1 fully saturated rings. The number of amides is 1. The third-order valence-corrected chi connectivity index (χ3v) is 8.23. The van der Waals surface area contributed by atoms with Gasteiger partial charge in [-0.15, -0.1) is 0 Å². The highest BCUT2D eigenvalue weighted by Gasteiger charge is 2.48. The number of aromatic nitrogens is 2. The second-order valence-corrected chi connectivity index (χ2v) is 11.1. The summed E-state index contributed by atoms with van der Waals surface area (Å²) >= 11 is 0. The van der Waals surface area contributed by atoms with Gasteiger partial charge in [0.05, 0.1) is 17.5 Å². The molecular weight excluding hydrogens is 426 g/mol. The van der Waals surface area contributed by atoms with Crippen molar-refractivity contribution < 1.29 is 18.3 Å². The highest BCUT2D eigenvalue weighted by Crippen LogP contribution is 2.46. The zero-order chi connectivity index (χ0) is 22.6. The zero-order valence-corrected chi connectivity index (χ0v) is 18.8. The van der Waals surface area contributed by atoms with E-state index in [1.54, 1.807) is 29.2 Å². The summed E-state index contributed by atoms with van der Waals surface area (Å²) in [5.41, 5.74) is 4.14. The van der Waals surface area contributed by atoms with Crippen molar-refractivity contribution in [1.29, 1.82) is 0 Å². The van der Waals surface area contributed by atoms with Crippen LogP contribution in [0.5, 0.6) is 5.75 Å². The molecule has 2 aliphatic heterocycles. The standard InChI is InChI=1S/C24H25N3O4S/c1-14(2)15-7-9-16(10-8-15)23-20-21(18-5-3-4-6-19(18)28)25-26-22(20)24(29)27(23)17-11-12-32(30,31)13-17/h3-10,14,17,23,28H,11-13H2,1-2H3,(H,25,26). The zero-order valence-electron chi connectivity index (χ0n) is 17.9. The van der Waals surface area contributed by atoms with Gasteiger partial charge in [0, 0.05) is 17.2 Å². The number of hydrogen-bond acceptors (Lipinski definition) is 5. The molecule has 2 aliphatic rings. The molecule has 0 bridgehead atoms. The number of aromatic hydroxyl groups is 1. The fourth-order valence-corrected chi connectivity index (χ4v) is 6.52. The first-order valence-electron chi connectivity index (χ1n) is 10.8. The first-order valence-corrected chi connectivity index (χ1v) is 12.6. The summed E-state index contributed by atoms with van der Waals surface area (Å²) in [5, 5.41) is 17.7. The van der Waals surface area contributed by atoms with Crippen LogP contribution in [0.15, 0.2) is 48.5 Å². The fourth-order valence-electron chi connectivity index (χ4n) is 4.81. The van der Waals surface area contributed by atoms with E-state index in [0.29, 0.717) is 34.9 Å². The number of carbonyl (C=O) groups is 1. The number of para-hydroxylation sites is 1. The van der Waals surface area contributed by atoms with Crippen LogP contribution < -0.4 is 0 Å². The number of benzene rings is 2. The van der Waals surface area contributed by atoms with Gasteiger partial charge in [0.25, 0.3) is 5.91 Å². The molecule has 32 heavy (non-hydrogen) atoms. The largest absolute Gasteiger partial charge is 0.507 e. The van der Waals surface area contributed by atoms with Gasteiger partial charge in [-0.2, -0.15) is 5.10 Å². The quantitative estimate of drug-likeness (QED) is 0.630. The topological polar surface area (TPSA) is 103 Å². The average Bonchev–Trinajstić information content (AvgIpc) is 3.42. The Morgan fingerprint density at radius 1 is 1.12 bits per heavy atom. The molecule has 2 atom stereocenters. The maximum Gasteiger partial charge on any atom is 0.273 e. The molecule has 3 heterocycles. The molecule has 5 rings (SSSR count). The fraction of sp³-hybridized carbons (Fsp3) is 0.333. The summed E-state index contributed by atoms with van der Waals surface area (Å²) in [4.78, 5) is 15.2. The Morgan fingerprint density at radius 2 is 1.84 bits per heavy atom. The number of phenols is 1. The van der Waals surface area contributed by atoms with Crippen LogP contribution in [0.3, 0.4) is 0 Å². The number of phenolic OH excluding ortho intramolecular Hbond substituents is 1. The lowest BCUT2D eigenvalue weighted by Gasteiger charge is -2.31. The summed E-state index contributed by atoms with van der Waals surface area (Å²) < 4.78 is 24.4. The SMILES string of the molecule is CC(C)c1ccc(C2c3c(-c4ccccc4O)n[nH]c3C(=O)N2C2CCS(=O)(=O)C2)cc1. The van der Waals surface area contributed by atoms with E-state index in [0.717, 1.165) is 5.56 Å². The van der Waals surface area contributed by atoms with Gasteiger partial charge >= 0.3 is 0 Å². The first kappa shape index (κ1) is 20.8. The van der Waals surface area contributed by atoms with E-state index in [2.05, 4.69) is 24.0 Å². The van der Waals surface area contributed by atoms with Crippen LogP contribution in [-0.2, 0) is 9.84 Å². The van der Waals surface area contributed by atoms with Crippen LogP contribution in [0.2, 0.25) is 0 Å². The summed E-state index contributed by atoms with van der Waals surface area (Å²) in [7, 11) is -3.18. The van der Waals surface area contributed by atoms with Gasteiger partial charge in [-0.25, -0.2) is 8.42 Å². The minimum Gasteiger partial charge on any atom is -0.507 e. The van der Waals surface area contributed by atoms with Crippen LogP contribution >= 0.6 is 0 Å². The third kappa shape index (κ3) is 3.30. The van der Waals surface area contributed by atoms with Crippen molar-refractivity contribution >= 4 is 15.7 Å². The van der Waals surface area contributed by atoms with Gasteiger partial charge in [-0.05, 0) is 35.6 Å². The van der Waals surface area contributed by atoms with Gasteiger partial charge in [0.15, 0.2) is 9.84 Å². The van der Waals surface area contributed by atoms with Gasteiger partial charge < -0.3 is 10.0 Å². The third-order valence-electron chi connectivity index (χ3n) is 6.48. The van der Waals surface area contributed by atoms with E-state index in [-0.39, 0.29) is 23.2 Å². The number of nitrogens with one attached hydrogen (secondary N) is 1. The number of sulfone groups is 1. The number of fused-ring (bicyclic) bond motifs is 1. The molecule has 0 aliphatic carbocycles. The van der Waals surface area contributed by atoms with E-state index in [9.17, 15) is 18.3 Å². The lowest BCUT2D eigenvalue weighted by atomic mass is 9.93. The normalized spacial score (nSPS) is 22.0. The number of rotatable bonds is 4. The minimum atomic E-state index is -3.18. The van der Waals surface area contributed by atoms with E-state index in [1.165, 1.54) is 5.56 Å². The van der Waals surface area contributed by atoms with Crippen molar-refractivity contribution in [2.45, 2.75) is 38.3 Å². The molecule has 2 N–H and O–H groups in total. The first-order chi connectivity index (χ1) is 15.3. The molecule has 7 nitrogen and oxygen atoms in total. The van der Waals surface area contributed by atoms with Gasteiger partial charge in [0.1, 0.15) is 17.1 Å². The molecule has 0 radical (unpaired) electrons. The lowest BCUT2D eigenvalue weighted by molar-refractivity contribution is 0.0677. The molecule has 3 aromatic rings.